The maximum atomic E-state index is 14.1. The Labute approximate surface area is 273 Å². The van der Waals surface area contributed by atoms with Crippen LogP contribution in [0, 0.1) is 0 Å². The van der Waals surface area contributed by atoms with E-state index in [4.69, 9.17) is 16.3 Å². The number of hydrogen-bond acceptors (Lipinski definition) is 5. The van der Waals surface area contributed by atoms with Crippen molar-refractivity contribution in [2.24, 2.45) is 0 Å². The van der Waals surface area contributed by atoms with E-state index in [9.17, 15) is 14.4 Å². The molecule has 0 bridgehead atoms. The van der Waals surface area contributed by atoms with Crippen LogP contribution in [0.25, 0.3) is 6.08 Å². The molecule has 0 aromatic heterocycles. The lowest BCUT2D eigenvalue weighted by atomic mass is 9.76. The zero-order chi connectivity index (χ0) is 31.9. The first kappa shape index (κ1) is 29.8. The fourth-order valence-corrected chi connectivity index (χ4v) is 7.22. The molecule has 8 heteroatoms. The third kappa shape index (κ3) is 5.45. The standard InChI is InChI=1S/C38H34ClN3O4/c1-23(2)46-34-14-13-24(20-33(34)39)19-32-36(43)40-38(45)42(37(32)44)27-21-30-28(25-9-5-3-6-10-25)15-17-41-18-16-29(31(22-27)35(30)41)26-11-7-4-8-12-26/h3-14,19-23,28-29H,15-18H2,1-2H3,(H,40,43,45)/b32-19+/t28-,29-/m1/s1. The Hall–Kier alpha value is -4.88. The second kappa shape index (κ2) is 12.1. The molecule has 7 rings (SSSR count). The van der Waals surface area contributed by atoms with Crippen LogP contribution in [0.3, 0.4) is 0 Å². The second-order valence-corrected chi connectivity index (χ2v) is 12.7. The molecule has 1 saturated heterocycles. The van der Waals surface area contributed by atoms with Crippen LogP contribution in [0.15, 0.2) is 96.6 Å². The van der Waals surface area contributed by atoms with Gasteiger partial charge in [0.15, 0.2) is 0 Å². The van der Waals surface area contributed by atoms with E-state index in [0.717, 1.165) is 42.0 Å². The molecule has 7 nitrogen and oxygen atoms in total. The number of urea groups is 1. The number of barbiturate groups is 1. The molecule has 3 aliphatic heterocycles. The Morgan fingerprint density at radius 1 is 0.826 bits per heavy atom. The Bertz CT molecular complexity index is 1800. The summed E-state index contributed by atoms with van der Waals surface area (Å²) in [7, 11) is 0. The zero-order valence-electron chi connectivity index (χ0n) is 25.7. The van der Waals surface area contributed by atoms with Crippen LogP contribution >= 0.6 is 11.6 Å². The maximum Gasteiger partial charge on any atom is 0.335 e. The number of benzene rings is 4. The van der Waals surface area contributed by atoms with E-state index in [1.54, 1.807) is 18.2 Å². The molecule has 0 radical (unpaired) electrons. The van der Waals surface area contributed by atoms with Gasteiger partial charge < -0.3 is 9.64 Å². The summed E-state index contributed by atoms with van der Waals surface area (Å²) in [5, 5.41) is 2.76. The van der Waals surface area contributed by atoms with Gasteiger partial charge in [-0.05, 0) is 84.8 Å². The van der Waals surface area contributed by atoms with Crippen molar-refractivity contribution in [1.29, 1.82) is 0 Å². The Balaban J connectivity index is 1.35. The van der Waals surface area contributed by atoms with E-state index in [0.29, 0.717) is 22.0 Å². The van der Waals surface area contributed by atoms with Crippen molar-refractivity contribution < 1.29 is 19.1 Å². The molecule has 0 saturated carbocycles. The van der Waals surface area contributed by atoms with Gasteiger partial charge in [0, 0.05) is 30.6 Å². The molecule has 232 valence electrons. The molecule has 3 heterocycles. The van der Waals surface area contributed by atoms with Gasteiger partial charge in [-0.1, -0.05) is 78.3 Å². The number of rotatable bonds is 6. The van der Waals surface area contributed by atoms with Crippen LogP contribution in [0.2, 0.25) is 5.02 Å². The van der Waals surface area contributed by atoms with Crippen LogP contribution in [0.4, 0.5) is 16.2 Å². The first-order valence-corrected chi connectivity index (χ1v) is 16.1. The summed E-state index contributed by atoms with van der Waals surface area (Å²) in [6.45, 7) is 5.65. The highest BCUT2D eigenvalue weighted by Crippen LogP contribution is 2.50. The van der Waals surface area contributed by atoms with Gasteiger partial charge in [0.05, 0.1) is 16.8 Å². The van der Waals surface area contributed by atoms with E-state index < -0.39 is 17.8 Å². The summed E-state index contributed by atoms with van der Waals surface area (Å²) >= 11 is 6.45. The monoisotopic (exact) mass is 631 g/mol. The number of carbonyl (C=O) groups excluding carboxylic acids is 3. The minimum absolute atomic E-state index is 0.0659. The zero-order valence-corrected chi connectivity index (χ0v) is 26.5. The van der Waals surface area contributed by atoms with E-state index in [1.807, 2.05) is 62.4 Å². The lowest BCUT2D eigenvalue weighted by Crippen LogP contribution is -2.54. The summed E-state index contributed by atoms with van der Waals surface area (Å²) in [6, 6.07) is 29.0. The lowest BCUT2D eigenvalue weighted by Gasteiger charge is -2.44. The predicted molar refractivity (Wildman–Crippen MR) is 181 cm³/mol. The molecule has 1 N–H and O–H groups in total. The Morgan fingerprint density at radius 3 is 1.96 bits per heavy atom. The molecule has 46 heavy (non-hydrogen) atoms. The van der Waals surface area contributed by atoms with Gasteiger partial charge in [-0.25, -0.2) is 9.69 Å². The number of hydrogen-bond donors (Lipinski definition) is 1. The topological polar surface area (TPSA) is 79.0 Å². The number of carbonyl (C=O) groups is 3. The molecule has 1 fully saturated rings. The highest BCUT2D eigenvalue weighted by molar-refractivity contribution is 6.39. The summed E-state index contributed by atoms with van der Waals surface area (Å²) in [4.78, 5) is 44.2. The van der Waals surface area contributed by atoms with Crippen LogP contribution in [-0.4, -0.2) is 37.0 Å². The molecule has 4 aromatic carbocycles. The first-order valence-electron chi connectivity index (χ1n) is 15.7. The SMILES string of the molecule is CC(C)Oc1ccc(/C=C2\C(=O)NC(=O)N(c3cc4c5c(c3)[C@@H](c3ccccc3)CCN5CC[C@@H]4c3ccccc3)C2=O)cc1Cl. The molecule has 0 aliphatic carbocycles. The van der Waals surface area contributed by atoms with Gasteiger partial charge in [0.2, 0.25) is 0 Å². The molecule has 0 unspecified atom stereocenters. The first-order chi connectivity index (χ1) is 22.3. The van der Waals surface area contributed by atoms with Crippen LogP contribution in [0.1, 0.15) is 66.3 Å². The van der Waals surface area contributed by atoms with Crippen molar-refractivity contribution in [3.63, 3.8) is 0 Å². The Morgan fingerprint density at radius 2 is 1.41 bits per heavy atom. The summed E-state index contributed by atoms with van der Waals surface area (Å²) in [5.41, 5.74) is 6.56. The molecule has 4 aromatic rings. The second-order valence-electron chi connectivity index (χ2n) is 12.3. The molecular formula is C38H34ClN3O4. The van der Waals surface area contributed by atoms with Crippen molar-refractivity contribution in [3.8, 4) is 5.75 Å². The van der Waals surface area contributed by atoms with Crippen molar-refractivity contribution in [2.45, 2.75) is 44.6 Å². The van der Waals surface area contributed by atoms with Gasteiger partial charge in [0.1, 0.15) is 11.3 Å². The molecule has 4 amide bonds. The number of imide groups is 2. The molecule has 3 aliphatic rings. The quantitative estimate of drug-likeness (QED) is 0.175. The van der Waals surface area contributed by atoms with E-state index in [-0.39, 0.29) is 23.5 Å². The number of nitrogens with one attached hydrogen (secondary N) is 1. The number of ether oxygens (including phenoxy) is 1. The van der Waals surface area contributed by atoms with Gasteiger partial charge >= 0.3 is 6.03 Å². The minimum Gasteiger partial charge on any atom is -0.489 e. The average Bonchev–Trinajstić information content (AvgIpc) is 3.05. The van der Waals surface area contributed by atoms with E-state index in [1.165, 1.54) is 22.9 Å². The number of halogens is 1. The lowest BCUT2D eigenvalue weighted by molar-refractivity contribution is -0.122. The third-order valence-corrected chi connectivity index (χ3v) is 9.28. The van der Waals surface area contributed by atoms with Crippen LogP contribution < -0.4 is 19.9 Å². The molecule has 0 spiro atoms. The van der Waals surface area contributed by atoms with Gasteiger partial charge in [-0.3, -0.25) is 14.9 Å². The summed E-state index contributed by atoms with van der Waals surface area (Å²) in [6.07, 6.45) is 3.23. The number of amides is 4. The highest BCUT2D eigenvalue weighted by atomic mass is 35.5. The third-order valence-electron chi connectivity index (χ3n) is 8.99. The predicted octanol–water partition coefficient (Wildman–Crippen LogP) is 7.67. The van der Waals surface area contributed by atoms with Gasteiger partial charge in [0.25, 0.3) is 11.8 Å². The molecular weight excluding hydrogens is 598 g/mol. The number of nitrogens with zero attached hydrogens (tertiary/aromatic N) is 2. The van der Waals surface area contributed by atoms with Crippen molar-refractivity contribution in [1.82, 2.24) is 5.32 Å². The Kier molecular flexibility index (Phi) is 7.87. The van der Waals surface area contributed by atoms with E-state index >= 15 is 0 Å². The van der Waals surface area contributed by atoms with Crippen molar-refractivity contribution in [3.05, 3.63) is 129 Å². The largest absolute Gasteiger partial charge is 0.489 e. The summed E-state index contributed by atoms with van der Waals surface area (Å²) in [5.74, 6) is -0.744. The van der Waals surface area contributed by atoms with Crippen LogP contribution in [-0.2, 0) is 9.59 Å². The summed E-state index contributed by atoms with van der Waals surface area (Å²) < 4.78 is 5.73. The fourth-order valence-electron chi connectivity index (χ4n) is 6.98. The van der Waals surface area contributed by atoms with Gasteiger partial charge in [-0.2, -0.15) is 0 Å². The van der Waals surface area contributed by atoms with E-state index in [2.05, 4.69) is 34.5 Å². The normalized spacial score (nSPS) is 20.2. The molecule has 2 atom stereocenters. The minimum atomic E-state index is -0.769. The van der Waals surface area contributed by atoms with Crippen molar-refractivity contribution >= 4 is 46.9 Å². The smallest absolute Gasteiger partial charge is 0.335 e. The number of anilines is 2. The highest BCUT2D eigenvalue weighted by Gasteiger charge is 2.40. The van der Waals surface area contributed by atoms with Crippen LogP contribution in [0.5, 0.6) is 5.75 Å². The maximum absolute atomic E-state index is 14.1. The van der Waals surface area contributed by atoms with Crippen molar-refractivity contribution in [2.75, 3.05) is 22.9 Å². The fraction of sp³-hybridized carbons (Fsp3) is 0.237. The average molecular weight is 632 g/mol. The van der Waals surface area contributed by atoms with Gasteiger partial charge in [-0.15, -0.1) is 0 Å².